The fraction of sp³-hybridized carbons (Fsp3) is 0.462. The second-order valence-corrected chi connectivity index (χ2v) is 6.08. The Hall–Kier alpha value is -1.74. The predicted octanol–water partition coefficient (Wildman–Crippen LogP) is 2.49. The Morgan fingerprint density at radius 2 is 1.91 bits per heavy atom. The van der Waals surface area contributed by atoms with Crippen LogP contribution >= 0.6 is 11.3 Å². The molecule has 22 heavy (non-hydrogen) atoms. The smallest absolute Gasteiger partial charge is 0.380 e. The first-order valence-electron chi connectivity index (χ1n) is 6.68. The number of rotatable bonds is 2. The van der Waals surface area contributed by atoms with Crippen LogP contribution in [0.1, 0.15) is 12.8 Å². The average Bonchev–Trinajstić information content (AvgIpc) is 2.98. The van der Waals surface area contributed by atoms with Crippen molar-refractivity contribution in [3.05, 3.63) is 24.4 Å². The van der Waals surface area contributed by atoms with E-state index in [1.165, 1.54) is 11.3 Å². The summed E-state index contributed by atoms with van der Waals surface area (Å²) in [6, 6.07) is 5.41. The molecule has 0 aromatic carbocycles. The van der Waals surface area contributed by atoms with Crippen molar-refractivity contribution >= 4 is 16.5 Å². The number of piperidine rings is 1. The minimum atomic E-state index is -4.60. The van der Waals surface area contributed by atoms with Gasteiger partial charge in [0.1, 0.15) is 5.69 Å². The molecule has 0 aliphatic carbocycles. The standard InChI is InChI=1S/C13H13F3N4OS/c14-13(15,16)12(21)4-7-20(8-5-12)11-19-18-10(22-11)9-3-1-2-6-17-9/h1-3,6,21H,4-5,7-8H2. The zero-order valence-electron chi connectivity index (χ0n) is 11.4. The van der Waals surface area contributed by atoms with E-state index in [0.29, 0.717) is 15.8 Å². The van der Waals surface area contributed by atoms with Crippen molar-refractivity contribution in [2.24, 2.45) is 0 Å². The van der Waals surface area contributed by atoms with Crippen LogP contribution in [-0.4, -0.2) is 45.2 Å². The number of aromatic nitrogens is 3. The summed E-state index contributed by atoms with van der Waals surface area (Å²) < 4.78 is 38.3. The Morgan fingerprint density at radius 1 is 1.18 bits per heavy atom. The highest BCUT2D eigenvalue weighted by molar-refractivity contribution is 7.18. The van der Waals surface area contributed by atoms with Gasteiger partial charge >= 0.3 is 6.18 Å². The lowest BCUT2D eigenvalue weighted by Crippen LogP contribution is -2.53. The molecular weight excluding hydrogens is 317 g/mol. The number of aliphatic hydroxyl groups is 1. The molecule has 0 unspecified atom stereocenters. The number of hydrogen-bond acceptors (Lipinski definition) is 6. The van der Waals surface area contributed by atoms with Gasteiger partial charge in [0.05, 0.1) is 0 Å². The number of pyridine rings is 1. The van der Waals surface area contributed by atoms with E-state index in [0.717, 1.165) is 0 Å². The van der Waals surface area contributed by atoms with Crippen molar-refractivity contribution in [1.29, 1.82) is 0 Å². The maximum atomic E-state index is 12.8. The topological polar surface area (TPSA) is 62.1 Å². The molecule has 0 bridgehead atoms. The lowest BCUT2D eigenvalue weighted by atomic mass is 9.91. The molecule has 2 aromatic rings. The fourth-order valence-corrected chi connectivity index (χ4v) is 3.16. The SMILES string of the molecule is OC1(C(F)(F)F)CCN(c2nnc(-c3ccccn3)s2)CC1. The first-order chi connectivity index (χ1) is 10.4. The molecule has 118 valence electrons. The Morgan fingerprint density at radius 3 is 2.50 bits per heavy atom. The van der Waals surface area contributed by atoms with Crippen molar-refractivity contribution in [2.75, 3.05) is 18.0 Å². The molecule has 0 spiro atoms. The molecule has 3 rings (SSSR count). The molecule has 0 atom stereocenters. The molecule has 1 aliphatic rings. The largest absolute Gasteiger partial charge is 0.417 e. The monoisotopic (exact) mass is 330 g/mol. The van der Waals surface area contributed by atoms with Crippen molar-refractivity contribution in [1.82, 2.24) is 15.2 Å². The average molecular weight is 330 g/mol. The molecule has 1 saturated heterocycles. The molecule has 1 fully saturated rings. The summed E-state index contributed by atoms with van der Waals surface area (Å²) in [6.07, 6.45) is -3.69. The van der Waals surface area contributed by atoms with Gasteiger partial charge in [0, 0.05) is 32.1 Å². The van der Waals surface area contributed by atoms with Crippen LogP contribution in [0.2, 0.25) is 0 Å². The maximum Gasteiger partial charge on any atom is 0.417 e. The number of anilines is 1. The maximum absolute atomic E-state index is 12.8. The molecule has 0 saturated carbocycles. The van der Waals surface area contributed by atoms with Gasteiger partial charge in [-0.25, -0.2) is 0 Å². The minimum Gasteiger partial charge on any atom is -0.380 e. The second kappa shape index (κ2) is 5.47. The van der Waals surface area contributed by atoms with Gasteiger partial charge < -0.3 is 10.0 Å². The van der Waals surface area contributed by atoms with Crippen molar-refractivity contribution < 1.29 is 18.3 Å². The quantitative estimate of drug-likeness (QED) is 0.917. The lowest BCUT2D eigenvalue weighted by Gasteiger charge is -2.38. The van der Waals surface area contributed by atoms with E-state index >= 15 is 0 Å². The van der Waals surface area contributed by atoms with E-state index in [2.05, 4.69) is 15.2 Å². The van der Waals surface area contributed by atoms with E-state index in [4.69, 9.17) is 0 Å². The molecule has 0 radical (unpaired) electrons. The molecule has 9 heteroatoms. The summed E-state index contributed by atoms with van der Waals surface area (Å²) in [5.41, 5.74) is -1.92. The van der Waals surface area contributed by atoms with E-state index in [9.17, 15) is 18.3 Å². The normalized spacial score (nSPS) is 18.5. The third-order valence-electron chi connectivity index (χ3n) is 3.69. The van der Waals surface area contributed by atoms with Crippen LogP contribution in [0.5, 0.6) is 0 Å². The van der Waals surface area contributed by atoms with Gasteiger partial charge in [-0.1, -0.05) is 17.4 Å². The predicted molar refractivity (Wildman–Crippen MR) is 75.6 cm³/mol. The zero-order chi connectivity index (χ0) is 15.8. The van der Waals surface area contributed by atoms with Gasteiger partial charge in [0.15, 0.2) is 10.6 Å². The third-order valence-corrected chi connectivity index (χ3v) is 4.69. The number of alkyl halides is 3. The highest BCUT2D eigenvalue weighted by Crippen LogP contribution is 2.40. The highest BCUT2D eigenvalue weighted by Gasteiger charge is 2.54. The lowest BCUT2D eigenvalue weighted by molar-refractivity contribution is -0.266. The van der Waals surface area contributed by atoms with E-state index in [1.54, 1.807) is 23.2 Å². The van der Waals surface area contributed by atoms with Crippen LogP contribution in [0, 0.1) is 0 Å². The van der Waals surface area contributed by atoms with Crippen LogP contribution in [0.4, 0.5) is 18.3 Å². The van der Waals surface area contributed by atoms with Crippen LogP contribution in [-0.2, 0) is 0 Å². The zero-order valence-corrected chi connectivity index (χ0v) is 12.2. The summed E-state index contributed by atoms with van der Waals surface area (Å²) >= 11 is 1.28. The van der Waals surface area contributed by atoms with Crippen molar-refractivity contribution in [2.45, 2.75) is 24.6 Å². The van der Waals surface area contributed by atoms with Gasteiger partial charge in [-0.2, -0.15) is 13.2 Å². The first-order valence-corrected chi connectivity index (χ1v) is 7.50. The summed E-state index contributed by atoms with van der Waals surface area (Å²) in [5, 5.41) is 18.9. The highest BCUT2D eigenvalue weighted by atomic mass is 32.1. The summed E-state index contributed by atoms with van der Waals surface area (Å²) in [4.78, 5) is 5.88. The van der Waals surface area contributed by atoms with Crippen LogP contribution in [0.15, 0.2) is 24.4 Å². The minimum absolute atomic E-state index is 0.0901. The van der Waals surface area contributed by atoms with Crippen LogP contribution in [0.3, 0.4) is 0 Å². The van der Waals surface area contributed by atoms with Gasteiger partial charge in [0.25, 0.3) is 0 Å². The molecular formula is C13H13F3N4OS. The summed E-state index contributed by atoms with van der Waals surface area (Å²) in [6.45, 7) is 0.180. The number of nitrogens with zero attached hydrogens (tertiary/aromatic N) is 4. The molecule has 1 aliphatic heterocycles. The van der Waals surface area contributed by atoms with Crippen LogP contribution < -0.4 is 4.90 Å². The Kier molecular flexibility index (Phi) is 3.77. The Bertz CT molecular complexity index is 638. The van der Waals surface area contributed by atoms with Gasteiger partial charge in [0.2, 0.25) is 5.13 Å². The fourth-order valence-electron chi connectivity index (χ4n) is 2.29. The van der Waals surface area contributed by atoms with E-state index < -0.39 is 11.8 Å². The molecule has 3 heterocycles. The van der Waals surface area contributed by atoms with Crippen molar-refractivity contribution in [3.63, 3.8) is 0 Å². The third kappa shape index (κ3) is 2.78. The molecule has 2 aromatic heterocycles. The van der Waals surface area contributed by atoms with E-state index in [-0.39, 0.29) is 25.9 Å². The van der Waals surface area contributed by atoms with Gasteiger partial charge in [-0.3, -0.25) is 4.98 Å². The number of halogens is 3. The van der Waals surface area contributed by atoms with Gasteiger partial charge in [-0.15, -0.1) is 10.2 Å². The Labute approximate surface area is 128 Å². The first kappa shape index (κ1) is 15.2. The van der Waals surface area contributed by atoms with Crippen LogP contribution in [0.25, 0.3) is 10.7 Å². The van der Waals surface area contributed by atoms with Gasteiger partial charge in [-0.05, 0) is 12.1 Å². The second-order valence-electron chi connectivity index (χ2n) is 5.12. The van der Waals surface area contributed by atoms with E-state index in [1.807, 2.05) is 6.07 Å². The summed E-state index contributed by atoms with van der Waals surface area (Å²) in [5.74, 6) is 0. The molecule has 5 nitrogen and oxygen atoms in total. The number of hydrogen-bond donors (Lipinski definition) is 1. The Balaban J connectivity index is 1.72. The molecule has 1 N–H and O–H groups in total. The van der Waals surface area contributed by atoms with Crippen molar-refractivity contribution in [3.8, 4) is 10.7 Å². The molecule has 0 amide bonds. The summed E-state index contributed by atoms with van der Waals surface area (Å²) in [7, 11) is 0.